The molecule has 0 heterocycles. The summed E-state index contributed by atoms with van der Waals surface area (Å²) in [6.45, 7) is 2.14. The molecule has 3 aromatic carbocycles. The number of ether oxygens (including phenoxy) is 2. The summed E-state index contributed by atoms with van der Waals surface area (Å²) in [5.74, 6) is -0.971. The first kappa shape index (κ1) is 22.0. The number of hydrazone groups is 1. The molecule has 8 heteroatoms. The quantitative estimate of drug-likeness (QED) is 0.246. The molecule has 0 saturated carbocycles. The first-order valence-corrected chi connectivity index (χ1v) is 9.68. The van der Waals surface area contributed by atoms with Crippen molar-refractivity contribution in [1.29, 1.82) is 0 Å². The van der Waals surface area contributed by atoms with E-state index in [2.05, 4.69) is 10.5 Å². The van der Waals surface area contributed by atoms with E-state index >= 15 is 0 Å². The van der Waals surface area contributed by atoms with Crippen LogP contribution in [0.1, 0.15) is 33.2 Å². The van der Waals surface area contributed by atoms with Crippen molar-refractivity contribution in [1.82, 2.24) is 5.43 Å². The Kier molecular flexibility index (Phi) is 7.35. The summed E-state index contributed by atoms with van der Waals surface area (Å²) in [5.41, 5.74) is 3.47. The maximum atomic E-state index is 12.9. The molecule has 0 atom stereocenters. The Hall–Kier alpha value is -3.71. The van der Waals surface area contributed by atoms with Crippen molar-refractivity contribution in [2.45, 2.75) is 6.92 Å². The lowest BCUT2D eigenvalue weighted by Gasteiger charge is -2.12. The molecule has 1 N–H and O–H groups in total. The summed E-state index contributed by atoms with van der Waals surface area (Å²) >= 11 is 6.04. The molecule has 31 heavy (non-hydrogen) atoms. The van der Waals surface area contributed by atoms with Gasteiger partial charge in [0.05, 0.1) is 23.4 Å². The Morgan fingerprint density at radius 1 is 1.06 bits per heavy atom. The van der Waals surface area contributed by atoms with Crippen LogP contribution in [0.15, 0.2) is 71.8 Å². The van der Waals surface area contributed by atoms with Gasteiger partial charge in [0, 0.05) is 5.56 Å². The molecule has 0 unspecified atom stereocenters. The number of hydrogen-bond acceptors (Lipinski definition) is 5. The van der Waals surface area contributed by atoms with E-state index in [0.717, 1.165) is 0 Å². The number of halogens is 2. The minimum atomic E-state index is -0.612. The lowest BCUT2D eigenvalue weighted by molar-refractivity contribution is 0.0728. The molecule has 3 rings (SSSR count). The summed E-state index contributed by atoms with van der Waals surface area (Å²) in [4.78, 5) is 24.4. The van der Waals surface area contributed by atoms with Crippen molar-refractivity contribution in [2.75, 3.05) is 6.61 Å². The summed E-state index contributed by atoms with van der Waals surface area (Å²) in [6, 6.07) is 16.5. The third-order valence-electron chi connectivity index (χ3n) is 4.05. The van der Waals surface area contributed by atoms with Gasteiger partial charge in [-0.2, -0.15) is 5.10 Å². The molecule has 0 aromatic heterocycles. The molecular weight excluding hydrogens is 423 g/mol. The van der Waals surface area contributed by atoms with Gasteiger partial charge in [-0.25, -0.2) is 14.6 Å². The van der Waals surface area contributed by atoms with Crippen LogP contribution < -0.4 is 14.9 Å². The number of benzene rings is 3. The lowest BCUT2D eigenvalue weighted by Crippen LogP contribution is -2.17. The molecule has 6 nitrogen and oxygen atoms in total. The van der Waals surface area contributed by atoms with Gasteiger partial charge in [0.2, 0.25) is 0 Å². The highest BCUT2D eigenvalue weighted by Gasteiger charge is 2.15. The van der Waals surface area contributed by atoms with Gasteiger partial charge in [-0.15, -0.1) is 0 Å². The fourth-order valence-corrected chi connectivity index (χ4v) is 2.78. The third kappa shape index (κ3) is 5.90. The fraction of sp³-hybridized carbons (Fsp3) is 0.0870. The maximum Gasteiger partial charge on any atom is 0.345 e. The molecule has 0 fully saturated rings. The van der Waals surface area contributed by atoms with Crippen LogP contribution in [-0.4, -0.2) is 24.7 Å². The molecular formula is C23H18ClFN2O4. The highest BCUT2D eigenvalue weighted by molar-refractivity contribution is 6.33. The molecule has 0 aliphatic heterocycles. The summed E-state index contributed by atoms with van der Waals surface area (Å²) in [7, 11) is 0. The Balaban J connectivity index is 1.71. The van der Waals surface area contributed by atoms with E-state index in [1.807, 2.05) is 0 Å². The second-order valence-electron chi connectivity index (χ2n) is 6.21. The highest BCUT2D eigenvalue weighted by Crippen LogP contribution is 2.29. The molecule has 0 bridgehead atoms. The van der Waals surface area contributed by atoms with Crippen LogP contribution in [0.5, 0.6) is 11.5 Å². The Morgan fingerprint density at radius 2 is 1.81 bits per heavy atom. The Morgan fingerprint density at radius 3 is 2.52 bits per heavy atom. The van der Waals surface area contributed by atoms with E-state index in [0.29, 0.717) is 17.9 Å². The molecule has 0 aliphatic carbocycles. The van der Waals surface area contributed by atoms with Crippen LogP contribution in [-0.2, 0) is 0 Å². The van der Waals surface area contributed by atoms with Gasteiger partial charge < -0.3 is 9.47 Å². The van der Waals surface area contributed by atoms with Gasteiger partial charge >= 0.3 is 5.97 Å². The van der Waals surface area contributed by atoms with Crippen LogP contribution in [0.4, 0.5) is 4.39 Å². The molecule has 0 aliphatic rings. The SMILES string of the molecule is CCOc1cc(/C=N\NC(=O)c2ccc(F)cc2)ccc1OC(=O)c1ccccc1Cl. The number of nitrogens with zero attached hydrogens (tertiary/aromatic N) is 1. The van der Waals surface area contributed by atoms with Crippen molar-refractivity contribution in [3.05, 3.63) is 94.3 Å². The van der Waals surface area contributed by atoms with Gasteiger partial charge in [0.15, 0.2) is 11.5 Å². The summed E-state index contributed by atoms with van der Waals surface area (Å²) < 4.78 is 23.9. The van der Waals surface area contributed by atoms with E-state index < -0.39 is 17.7 Å². The van der Waals surface area contributed by atoms with Crippen molar-refractivity contribution >= 4 is 29.7 Å². The van der Waals surface area contributed by atoms with E-state index in [1.165, 1.54) is 30.5 Å². The second-order valence-corrected chi connectivity index (χ2v) is 6.62. The second kappa shape index (κ2) is 10.4. The summed E-state index contributed by atoms with van der Waals surface area (Å²) in [5, 5.41) is 4.18. The topological polar surface area (TPSA) is 77.0 Å². The average molecular weight is 441 g/mol. The monoisotopic (exact) mass is 440 g/mol. The third-order valence-corrected chi connectivity index (χ3v) is 4.38. The largest absolute Gasteiger partial charge is 0.490 e. The van der Waals surface area contributed by atoms with Crippen LogP contribution in [0, 0.1) is 5.82 Å². The molecule has 1 amide bonds. The fourth-order valence-electron chi connectivity index (χ4n) is 2.57. The lowest BCUT2D eigenvalue weighted by atomic mass is 10.2. The van der Waals surface area contributed by atoms with Gasteiger partial charge in [0.1, 0.15) is 5.82 Å². The number of amides is 1. The molecule has 0 spiro atoms. The van der Waals surface area contributed by atoms with Gasteiger partial charge in [-0.3, -0.25) is 4.79 Å². The number of rotatable bonds is 7. The van der Waals surface area contributed by atoms with Crippen LogP contribution in [0.3, 0.4) is 0 Å². The van der Waals surface area contributed by atoms with Crippen molar-refractivity contribution in [2.24, 2.45) is 5.10 Å². The van der Waals surface area contributed by atoms with Crippen LogP contribution >= 0.6 is 11.6 Å². The molecule has 158 valence electrons. The summed E-state index contributed by atoms with van der Waals surface area (Å²) in [6.07, 6.45) is 1.41. The zero-order chi connectivity index (χ0) is 22.2. The zero-order valence-corrected chi connectivity index (χ0v) is 17.2. The predicted molar refractivity (Wildman–Crippen MR) is 115 cm³/mol. The minimum Gasteiger partial charge on any atom is -0.490 e. The van der Waals surface area contributed by atoms with E-state index in [-0.39, 0.29) is 21.9 Å². The van der Waals surface area contributed by atoms with E-state index in [9.17, 15) is 14.0 Å². The molecule has 3 aromatic rings. The normalized spacial score (nSPS) is 10.7. The zero-order valence-electron chi connectivity index (χ0n) is 16.5. The average Bonchev–Trinajstić information content (AvgIpc) is 2.76. The standard InChI is InChI=1S/C23H18ClFN2O4/c1-2-30-21-13-15(14-26-27-22(28)16-8-10-17(25)11-9-16)7-12-20(21)31-23(29)18-5-3-4-6-19(18)24/h3-14H,2H2,1H3,(H,27,28)/b26-14-. The predicted octanol–water partition coefficient (Wildman–Crippen LogP) is 4.86. The van der Waals surface area contributed by atoms with Crippen molar-refractivity contribution in [3.8, 4) is 11.5 Å². The number of carbonyl (C=O) groups excluding carboxylic acids is 2. The Bertz CT molecular complexity index is 1120. The minimum absolute atomic E-state index is 0.222. The van der Waals surface area contributed by atoms with Crippen LogP contribution in [0.2, 0.25) is 5.02 Å². The van der Waals surface area contributed by atoms with Gasteiger partial charge in [-0.1, -0.05) is 23.7 Å². The maximum absolute atomic E-state index is 12.9. The van der Waals surface area contributed by atoms with Gasteiger partial charge in [0.25, 0.3) is 5.91 Å². The van der Waals surface area contributed by atoms with Crippen molar-refractivity contribution in [3.63, 3.8) is 0 Å². The van der Waals surface area contributed by atoms with Gasteiger partial charge in [-0.05, 0) is 67.1 Å². The number of esters is 1. The molecule has 0 saturated heterocycles. The smallest absolute Gasteiger partial charge is 0.345 e. The molecule has 0 radical (unpaired) electrons. The number of nitrogens with one attached hydrogen (secondary N) is 1. The first-order valence-electron chi connectivity index (χ1n) is 9.30. The highest BCUT2D eigenvalue weighted by atomic mass is 35.5. The number of carbonyl (C=O) groups is 2. The Labute approximate surface area is 183 Å². The first-order chi connectivity index (χ1) is 15.0. The van der Waals surface area contributed by atoms with E-state index in [1.54, 1.807) is 49.4 Å². The van der Waals surface area contributed by atoms with Crippen molar-refractivity contribution < 1.29 is 23.5 Å². The van der Waals surface area contributed by atoms with E-state index in [4.69, 9.17) is 21.1 Å². The number of hydrogen-bond donors (Lipinski definition) is 1. The van der Waals surface area contributed by atoms with Crippen LogP contribution in [0.25, 0.3) is 0 Å².